The molecule has 3 rings (SSSR count). The van der Waals surface area contributed by atoms with Gasteiger partial charge in [-0.1, -0.05) is 35.9 Å². The summed E-state index contributed by atoms with van der Waals surface area (Å²) < 4.78 is 0. The van der Waals surface area contributed by atoms with Gasteiger partial charge in [-0.3, -0.25) is 0 Å². The topological polar surface area (TPSA) is 41.1 Å². The third kappa shape index (κ3) is 3.97. The Hall–Kier alpha value is -2.88. The molecule has 0 amide bonds. The molecule has 0 radical (unpaired) electrons. The van der Waals surface area contributed by atoms with Gasteiger partial charge in [0.15, 0.2) is 0 Å². The van der Waals surface area contributed by atoms with Crippen LogP contribution in [-0.2, 0) is 0 Å². The first-order valence-corrected chi connectivity index (χ1v) is 8.59. The molecule has 1 N–H and O–H groups in total. The highest BCUT2D eigenvalue weighted by Crippen LogP contribution is 2.25. The molecule has 2 aromatic carbocycles. The molecular formula is C21H24N4. The summed E-state index contributed by atoms with van der Waals surface area (Å²) in [6.45, 7) is 9.11. The number of benzene rings is 2. The van der Waals surface area contributed by atoms with Crippen LogP contribution in [0.4, 0.5) is 23.1 Å². The van der Waals surface area contributed by atoms with E-state index in [1.165, 1.54) is 11.1 Å². The molecule has 0 unspecified atom stereocenters. The van der Waals surface area contributed by atoms with Crippen LogP contribution in [0.5, 0.6) is 0 Å². The molecule has 0 atom stereocenters. The van der Waals surface area contributed by atoms with Crippen molar-refractivity contribution in [3.63, 3.8) is 0 Å². The second-order valence-corrected chi connectivity index (χ2v) is 6.22. The lowest BCUT2D eigenvalue weighted by Gasteiger charge is -2.22. The maximum atomic E-state index is 4.74. The van der Waals surface area contributed by atoms with Crippen molar-refractivity contribution in [3.8, 4) is 0 Å². The van der Waals surface area contributed by atoms with E-state index in [4.69, 9.17) is 4.98 Å². The van der Waals surface area contributed by atoms with Gasteiger partial charge in [0.25, 0.3) is 0 Å². The zero-order valence-electron chi connectivity index (χ0n) is 15.2. The number of hydrogen-bond acceptors (Lipinski definition) is 4. The lowest BCUT2D eigenvalue weighted by Crippen LogP contribution is -2.19. The number of anilines is 4. The van der Waals surface area contributed by atoms with E-state index in [9.17, 15) is 0 Å². The molecule has 25 heavy (non-hydrogen) atoms. The van der Waals surface area contributed by atoms with Gasteiger partial charge in [-0.15, -0.1) is 0 Å². The quantitative estimate of drug-likeness (QED) is 0.688. The Morgan fingerprint density at radius 3 is 2.36 bits per heavy atom. The first kappa shape index (κ1) is 17.0. The summed E-state index contributed by atoms with van der Waals surface area (Å²) in [5.74, 6) is 1.52. The van der Waals surface area contributed by atoms with E-state index in [0.717, 1.165) is 29.4 Å². The van der Waals surface area contributed by atoms with Crippen molar-refractivity contribution in [2.24, 2.45) is 0 Å². The van der Waals surface area contributed by atoms with Crippen LogP contribution in [0.1, 0.15) is 23.7 Å². The molecule has 128 valence electrons. The standard InChI is InChI=1S/C21H24N4/c1-5-25(18-9-7-6-8-10-18)21-22-17(4)14-20(24-21)23-19-12-11-15(2)13-16(19)3/h6-14H,5H2,1-4H3,(H,22,23,24). The number of rotatable bonds is 5. The molecule has 0 aliphatic rings. The Kier molecular flexibility index (Phi) is 4.98. The van der Waals surface area contributed by atoms with E-state index in [1.54, 1.807) is 0 Å². The van der Waals surface area contributed by atoms with Gasteiger partial charge < -0.3 is 10.2 Å². The zero-order chi connectivity index (χ0) is 17.8. The molecule has 0 saturated carbocycles. The van der Waals surface area contributed by atoms with Gasteiger partial charge >= 0.3 is 0 Å². The predicted molar refractivity (Wildman–Crippen MR) is 105 cm³/mol. The minimum atomic E-state index is 0.709. The summed E-state index contributed by atoms with van der Waals surface area (Å²) in [7, 11) is 0. The van der Waals surface area contributed by atoms with Crippen molar-refractivity contribution >= 4 is 23.1 Å². The summed E-state index contributed by atoms with van der Waals surface area (Å²) in [5, 5.41) is 3.43. The van der Waals surface area contributed by atoms with Crippen LogP contribution in [0.3, 0.4) is 0 Å². The summed E-state index contributed by atoms with van der Waals surface area (Å²) in [6.07, 6.45) is 0. The van der Waals surface area contributed by atoms with Gasteiger partial charge in [-0.2, -0.15) is 4.98 Å². The fourth-order valence-corrected chi connectivity index (χ4v) is 2.88. The number of nitrogens with one attached hydrogen (secondary N) is 1. The van der Waals surface area contributed by atoms with Crippen LogP contribution in [0, 0.1) is 20.8 Å². The smallest absolute Gasteiger partial charge is 0.232 e. The minimum absolute atomic E-state index is 0.709. The van der Waals surface area contributed by atoms with E-state index in [0.29, 0.717) is 5.95 Å². The SMILES string of the molecule is CCN(c1ccccc1)c1nc(C)cc(Nc2ccc(C)cc2C)n1. The molecule has 0 bridgehead atoms. The average molecular weight is 332 g/mol. The van der Waals surface area contributed by atoms with E-state index in [2.05, 4.69) is 66.3 Å². The summed E-state index contributed by atoms with van der Waals surface area (Å²) in [6, 6.07) is 18.6. The summed E-state index contributed by atoms with van der Waals surface area (Å²) >= 11 is 0. The fraction of sp³-hybridized carbons (Fsp3) is 0.238. The Labute approximate surface area is 149 Å². The largest absolute Gasteiger partial charge is 0.340 e. The van der Waals surface area contributed by atoms with Crippen molar-refractivity contribution in [1.82, 2.24) is 9.97 Å². The highest BCUT2D eigenvalue weighted by Gasteiger charge is 2.12. The van der Waals surface area contributed by atoms with Gasteiger partial charge in [-0.25, -0.2) is 4.98 Å². The Morgan fingerprint density at radius 1 is 0.920 bits per heavy atom. The minimum Gasteiger partial charge on any atom is -0.340 e. The average Bonchev–Trinajstić information content (AvgIpc) is 2.59. The third-order valence-electron chi connectivity index (χ3n) is 4.11. The molecule has 4 heteroatoms. The third-order valence-corrected chi connectivity index (χ3v) is 4.11. The van der Waals surface area contributed by atoms with Crippen molar-refractivity contribution in [2.75, 3.05) is 16.8 Å². The molecule has 0 fully saturated rings. The molecule has 1 aromatic heterocycles. The summed E-state index contributed by atoms with van der Waals surface area (Å²) in [5.41, 5.74) is 5.55. The summed E-state index contributed by atoms with van der Waals surface area (Å²) in [4.78, 5) is 11.5. The predicted octanol–water partition coefficient (Wildman–Crippen LogP) is 5.30. The lowest BCUT2D eigenvalue weighted by molar-refractivity contribution is 0.936. The van der Waals surface area contributed by atoms with Crippen LogP contribution in [0.25, 0.3) is 0 Å². The van der Waals surface area contributed by atoms with Gasteiger partial charge in [0.2, 0.25) is 5.95 Å². The molecular weight excluding hydrogens is 308 g/mol. The number of nitrogens with zero attached hydrogens (tertiary/aromatic N) is 3. The maximum absolute atomic E-state index is 4.74. The van der Waals surface area contributed by atoms with Crippen molar-refractivity contribution < 1.29 is 0 Å². The van der Waals surface area contributed by atoms with Crippen LogP contribution in [0.15, 0.2) is 54.6 Å². The van der Waals surface area contributed by atoms with Gasteiger partial charge in [-0.05, 0) is 51.5 Å². The molecule has 0 aliphatic carbocycles. The molecule has 3 aromatic rings. The van der Waals surface area contributed by atoms with Gasteiger partial charge in [0.05, 0.1) is 0 Å². The van der Waals surface area contributed by atoms with Gasteiger partial charge in [0, 0.05) is 29.7 Å². The number of aryl methyl sites for hydroxylation is 3. The normalized spacial score (nSPS) is 10.6. The molecule has 0 spiro atoms. The van der Waals surface area contributed by atoms with Gasteiger partial charge in [0.1, 0.15) is 5.82 Å². The second kappa shape index (κ2) is 7.34. The first-order valence-electron chi connectivity index (χ1n) is 8.59. The first-order chi connectivity index (χ1) is 12.1. The van der Waals surface area contributed by atoms with Crippen LogP contribution >= 0.6 is 0 Å². The Bertz CT molecular complexity index is 859. The lowest BCUT2D eigenvalue weighted by atomic mass is 10.1. The number of hydrogen-bond donors (Lipinski definition) is 1. The molecule has 1 heterocycles. The van der Waals surface area contributed by atoms with Crippen LogP contribution < -0.4 is 10.2 Å². The van der Waals surface area contributed by atoms with E-state index >= 15 is 0 Å². The van der Waals surface area contributed by atoms with Crippen molar-refractivity contribution in [1.29, 1.82) is 0 Å². The van der Waals surface area contributed by atoms with E-state index in [1.807, 2.05) is 31.2 Å². The molecule has 0 saturated heterocycles. The molecule has 0 aliphatic heterocycles. The fourth-order valence-electron chi connectivity index (χ4n) is 2.88. The van der Waals surface area contributed by atoms with Crippen LogP contribution in [-0.4, -0.2) is 16.5 Å². The van der Waals surface area contributed by atoms with Crippen molar-refractivity contribution in [2.45, 2.75) is 27.7 Å². The highest BCUT2D eigenvalue weighted by molar-refractivity contribution is 5.64. The monoisotopic (exact) mass is 332 g/mol. The number of aromatic nitrogens is 2. The number of para-hydroxylation sites is 1. The molecule has 4 nitrogen and oxygen atoms in total. The zero-order valence-corrected chi connectivity index (χ0v) is 15.2. The Morgan fingerprint density at radius 2 is 1.68 bits per heavy atom. The Balaban J connectivity index is 1.95. The van der Waals surface area contributed by atoms with Crippen LogP contribution in [0.2, 0.25) is 0 Å². The highest BCUT2D eigenvalue weighted by atomic mass is 15.3. The second-order valence-electron chi connectivity index (χ2n) is 6.22. The van der Waals surface area contributed by atoms with E-state index < -0.39 is 0 Å². The van der Waals surface area contributed by atoms with E-state index in [-0.39, 0.29) is 0 Å². The van der Waals surface area contributed by atoms with Crippen molar-refractivity contribution in [3.05, 3.63) is 71.4 Å². The maximum Gasteiger partial charge on any atom is 0.232 e.